The Bertz CT molecular complexity index is 418. The van der Waals surface area contributed by atoms with Crippen LogP contribution in [0.3, 0.4) is 0 Å². The molecular weight excluding hydrogens is 345 g/mol. The van der Waals surface area contributed by atoms with Crippen LogP contribution in [0.4, 0.5) is 0 Å². The van der Waals surface area contributed by atoms with Gasteiger partial charge in [-0.15, -0.1) is 0 Å². The van der Waals surface area contributed by atoms with E-state index < -0.39 is 0 Å². The van der Waals surface area contributed by atoms with E-state index in [-0.39, 0.29) is 18.9 Å². The van der Waals surface area contributed by atoms with E-state index in [2.05, 4.69) is 49.5 Å². The minimum absolute atomic E-state index is 0. The number of hydrogen-bond acceptors (Lipinski definition) is 1. The van der Waals surface area contributed by atoms with E-state index in [0.29, 0.717) is 0 Å². The molecule has 0 spiro atoms. The van der Waals surface area contributed by atoms with Gasteiger partial charge < -0.3 is 5.32 Å². The molecule has 2 heteroatoms. The van der Waals surface area contributed by atoms with E-state index in [9.17, 15) is 0 Å². The van der Waals surface area contributed by atoms with Crippen molar-refractivity contribution in [3.8, 4) is 0 Å². The summed E-state index contributed by atoms with van der Waals surface area (Å²) in [7, 11) is 0. The second-order valence-corrected chi connectivity index (χ2v) is 9.15. The van der Waals surface area contributed by atoms with E-state index >= 15 is 0 Å². The third-order valence-electron chi connectivity index (χ3n) is 5.81. The maximum absolute atomic E-state index is 3.56. The molecule has 29 heavy (non-hydrogen) atoms. The molecule has 0 aliphatic heterocycles. The van der Waals surface area contributed by atoms with Gasteiger partial charge in [-0.25, -0.2) is 0 Å². The monoisotopic (exact) mass is 394 g/mol. The third-order valence-corrected chi connectivity index (χ3v) is 5.81. The molecule has 162 valence electrons. The molecule has 1 N–H and O–H groups in total. The fraction of sp³-hybridized carbons (Fsp3) is 0.778. The first-order valence-electron chi connectivity index (χ1n) is 12.5. The van der Waals surface area contributed by atoms with Gasteiger partial charge >= 0.3 is 18.9 Å². The predicted molar refractivity (Wildman–Crippen MR) is 127 cm³/mol. The summed E-state index contributed by atoms with van der Waals surface area (Å²) in [5.74, 6) is 0.891. The van der Waals surface area contributed by atoms with Gasteiger partial charge in [0.2, 0.25) is 0 Å². The van der Waals surface area contributed by atoms with Crippen LogP contribution in [0.1, 0.15) is 122 Å². The van der Waals surface area contributed by atoms with Gasteiger partial charge in [0.15, 0.2) is 0 Å². The second kappa shape index (κ2) is 22.5. The molecule has 0 aromatic heterocycles. The fourth-order valence-corrected chi connectivity index (χ4v) is 3.93. The van der Waals surface area contributed by atoms with Gasteiger partial charge in [-0.3, -0.25) is 0 Å². The van der Waals surface area contributed by atoms with E-state index in [1.807, 2.05) is 0 Å². The molecule has 0 amide bonds. The second-order valence-electron chi connectivity index (χ2n) is 9.15. The number of unbranched alkanes of at least 4 members (excludes halogenated alkanes) is 14. The zero-order valence-electron chi connectivity index (χ0n) is 20.2. The van der Waals surface area contributed by atoms with Crippen molar-refractivity contribution < 1.29 is 18.9 Å². The summed E-state index contributed by atoms with van der Waals surface area (Å²) < 4.78 is 0. The van der Waals surface area contributed by atoms with E-state index in [4.69, 9.17) is 0 Å². The molecule has 0 saturated heterocycles. The quantitative estimate of drug-likeness (QED) is 0.222. The average molecular weight is 395 g/mol. The normalized spacial score (nSPS) is 11.0. The average Bonchev–Trinajstić information content (AvgIpc) is 2.70. The van der Waals surface area contributed by atoms with Gasteiger partial charge in [0.05, 0.1) is 0 Å². The first-order chi connectivity index (χ1) is 13.8. The molecule has 0 unspecified atom stereocenters. The fourth-order valence-electron chi connectivity index (χ4n) is 3.93. The largest absolute Gasteiger partial charge is 1.00 e. The van der Waals surface area contributed by atoms with Gasteiger partial charge in [0.1, 0.15) is 0 Å². The molecule has 0 fully saturated rings. The summed E-state index contributed by atoms with van der Waals surface area (Å²) in [4.78, 5) is 0. The Hall–Kier alpha value is -0.223. The van der Waals surface area contributed by atoms with Crippen molar-refractivity contribution in [3.05, 3.63) is 35.9 Å². The van der Waals surface area contributed by atoms with Gasteiger partial charge in [-0.2, -0.15) is 0 Å². The van der Waals surface area contributed by atoms with Crippen molar-refractivity contribution in [3.63, 3.8) is 0 Å². The summed E-state index contributed by atoms with van der Waals surface area (Å²) in [5.41, 5.74) is 1.39. The third kappa shape index (κ3) is 20.8. The zero-order valence-corrected chi connectivity index (χ0v) is 20.2. The molecule has 0 atom stereocenters. The number of hydrogen-bond donors (Lipinski definition) is 1. The first-order valence-corrected chi connectivity index (χ1v) is 12.5. The predicted octanol–water partition coefficient (Wildman–Crippen LogP) is 5.68. The van der Waals surface area contributed by atoms with Crippen molar-refractivity contribution in [2.45, 2.75) is 123 Å². The Morgan fingerprint density at radius 3 is 1.45 bits per heavy atom. The summed E-state index contributed by atoms with van der Waals surface area (Å²) in [6, 6.07) is 10.7. The van der Waals surface area contributed by atoms with Gasteiger partial charge in [-0.05, 0) is 24.4 Å². The Morgan fingerprint density at radius 1 is 0.586 bits per heavy atom. The molecule has 1 aromatic rings. The van der Waals surface area contributed by atoms with Crippen LogP contribution in [0.2, 0.25) is 0 Å². The van der Waals surface area contributed by atoms with Crippen molar-refractivity contribution in [1.29, 1.82) is 0 Å². The van der Waals surface area contributed by atoms with Crippen LogP contribution in [0.5, 0.6) is 0 Å². The Morgan fingerprint density at radius 2 is 1.00 bits per heavy atom. The maximum Gasteiger partial charge on any atom is 1.00 e. The van der Waals surface area contributed by atoms with Crippen LogP contribution in [0, 0.1) is 5.92 Å². The SMILES string of the molecule is CC(C)CCCCCCCCCCCCCCCCCNCc1ccccc1.[Li+]. The maximum atomic E-state index is 3.56. The summed E-state index contributed by atoms with van der Waals surface area (Å²) in [6.45, 7) is 6.85. The van der Waals surface area contributed by atoms with Crippen LogP contribution >= 0.6 is 0 Å². The zero-order chi connectivity index (χ0) is 20.1. The van der Waals surface area contributed by atoms with Crippen LogP contribution in [0.25, 0.3) is 0 Å². The minimum atomic E-state index is 0. The summed E-state index contributed by atoms with van der Waals surface area (Å²) in [6.07, 6.45) is 23.1. The van der Waals surface area contributed by atoms with Crippen LogP contribution in [-0.4, -0.2) is 6.54 Å². The van der Waals surface area contributed by atoms with Crippen LogP contribution in [0.15, 0.2) is 30.3 Å². The molecule has 0 saturated carbocycles. The van der Waals surface area contributed by atoms with E-state index in [1.54, 1.807) is 0 Å². The van der Waals surface area contributed by atoms with E-state index in [0.717, 1.165) is 19.0 Å². The first kappa shape index (κ1) is 28.8. The Balaban J connectivity index is 0.00000784. The molecule has 0 radical (unpaired) electrons. The molecule has 0 bridgehead atoms. The smallest absolute Gasteiger partial charge is 0.313 e. The minimum Gasteiger partial charge on any atom is -0.313 e. The van der Waals surface area contributed by atoms with Gasteiger partial charge in [-0.1, -0.05) is 140 Å². The number of benzene rings is 1. The topological polar surface area (TPSA) is 12.0 Å². The summed E-state index contributed by atoms with van der Waals surface area (Å²) >= 11 is 0. The molecule has 0 aliphatic rings. The van der Waals surface area contributed by atoms with Crippen molar-refractivity contribution in [1.82, 2.24) is 5.32 Å². The van der Waals surface area contributed by atoms with Crippen molar-refractivity contribution in [2.75, 3.05) is 6.54 Å². The van der Waals surface area contributed by atoms with Gasteiger partial charge in [0, 0.05) is 6.54 Å². The van der Waals surface area contributed by atoms with Crippen LogP contribution < -0.4 is 24.2 Å². The van der Waals surface area contributed by atoms with Crippen LogP contribution in [-0.2, 0) is 6.54 Å². The van der Waals surface area contributed by atoms with Gasteiger partial charge in [0.25, 0.3) is 0 Å². The Kier molecular flexibility index (Phi) is 22.3. The van der Waals surface area contributed by atoms with E-state index in [1.165, 1.54) is 108 Å². The molecular formula is C27H49LiN+. The summed E-state index contributed by atoms with van der Waals surface area (Å²) in [5, 5.41) is 3.56. The molecule has 1 aromatic carbocycles. The molecule has 0 aliphatic carbocycles. The number of nitrogens with one attached hydrogen (secondary N) is 1. The standard InChI is InChI=1S/C27H49N.Li/c1-26(2)21-17-14-12-10-8-6-4-3-5-7-9-11-13-15-20-24-28-25-27-22-18-16-19-23-27;/h16,18-19,22-23,26,28H,3-15,17,20-21,24-25H2,1-2H3;/q;+1. The molecule has 0 heterocycles. The molecule has 1 rings (SSSR count). The van der Waals surface area contributed by atoms with Crippen molar-refractivity contribution in [2.24, 2.45) is 5.92 Å². The van der Waals surface area contributed by atoms with Crippen molar-refractivity contribution >= 4 is 0 Å². The molecule has 1 nitrogen and oxygen atoms in total. The Labute approximate surface area is 195 Å². The number of rotatable bonds is 20.